The Bertz CT molecular complexity index is 1040. The molecule has 2 amide bonds. The number of benzene rings is 2. The molecule has 1 fully saturated rings. The summed E-state index contributed by atoms with van der Waals surface area (Å²) in [6, 6.07) is 15.8. The van der Waals surface area contributed by atoms with Gasteiger partial charge in [-0.05, 0) is 29.7 Å². The van der Waals surface area contributed by atoms with Crippen LogP contribution in [0.4, 0.5) is 0 Å². The molecular weight excluding hydrogens is 328 g/mol. The Morgan fingerprint density at radius 3 is 2.62 bits per heavy atom. The van der Waals surface area contributed by atoms with Crippen LogP contribution in [0, 0.1) is 5.92 Å². The fourth-order valence-corrected chi connectivity index (χ4v) is 4.59. The highest BCUT2D eigenvalue weighted by Crippen LogP contribution is 2.49. The van der Waals surface area contributed by atoms with Crippen LogP contribution in [-0.4, -0.2) is 23.9 Å². The summed E-state index contributed by atoms with van der Waals surface area (Å²) in [4.78, 5) is 28.7. The summed E-state index contributed by atoms with van der Waals surface area (Å²) in [6.45, 7) is 0. The van der Waals surface area contributed by atoms with Crippen LogP contribution >= 0.6 is 0 Å². The van der Waals surface area contributed by atoms with Crippen LogP contribution in [-0.2, 0) is 16.0 Å². The largest absolute Gasteiger partial charge is 0.497 e. The van der Waals surface area contributed by atoms with Crippen molar-refractivity contribution in [2.24, 2.45) is 5.92 Å². The molecule has 0 bridgehead atoms. The van der Waals surface area contributed by atoms with Crippen molar-refractivity contribution in [2.75, 3.05) is 7.11 Å². The van der Waals surface area contributed by atoms with Gasteiger partial charge in [0, 0.05) is 28.6 Å². The van der Waals surface area contributed by atoms with E-state index in [0.717, 1.165) is 33.5 Å². The first-order valence-electron chi connectivity index (χ1n) is 8.75. The Balaban J connectivity index is 1.72. The van der Waals surface area contributed by atoms with Gasteiger partial charge in [-0.15, -0.1) is 0 Å². The summed E-state index contributed by atoms with van der Waals surface area (Å²) < 4.78 is 5.32. The summed E-state index contributed by atoms with van der Waals surface area (Å²) in [6.07, 6.45) is 0.707. The Labute approximate surface area is 150 Å². The van der Waals surface area contributed by atoms with Crippen molar-refractivity contribution in [2.45, 2.75) is 18.3 Å². The molecule has 5 rings (SSSR count). The number of methoxy groups -OCH3 is 1. The summed E-state index contributed by atoms with van der Waals surface area (Å²) in [5, 5.41) is 3.55. The fourth-order valence-electron chi connectivity index (χ4n) is 4.59. The van der Waals surface area contributed by atoms with Gasteiger partial charge in [0.25, 0.3) is 0 Å². The van der Waals surface area contributed by atoms with Crippen molar-refractivity contribution in [1.82, 2.24) is 10.3 Å². The second kappa shape index (κ2) is 5.46. The van der Waals surface area contributed by atoms with E-state index in [2.05, 4.69) is 10.3 Å². The number of carbonyl (C=O) groups is 2. The maximum Gasteiger partial charge on any atom is 0.235 e. The lowest BCUT2D eigenvalue weighted by Gasteiger charge is -2.31. The standard InChI is InChI=1S/C21H18N2O3/c1-26-12-7-8-13-15(9-12)22-16-10-14(11-5-3-2-4-6-11)18-19(17(13)16)21(25)23-20(18)24/h2-9,14,18-19,22H,10H2,1H3,(H,23,24,25). The van der Waals surface area contributed by atoms with Crippen LogP contribution in [0.25, 0.3) is 10.9 Å². The van der Waals surface area contributed by atoms with Gasteiger partial charge in [-0.3, -0.25) is 14.9 Å². The molecule has 2 heterocycles. The van der Waals surface area contributed by atoms with Gasteiger partial charge in [0.2, 0.25) is 11.8 Å². The van der Waals surface area contributed by atoms with Gasteiger partial charge >= 0.3 is 0 Å². The normalized spacial score (nSPS) is 24.3. The van der Waals surface area contributed by atoms with E-state index < -0.39 is 5.92 Å². The Kier molecular flexibility index (Phi) is 3.19. The van der Waals surface area contributed by atoms with Crippen LogP contribution in [0.2, 0.25) is 0 Å². The molecule has 0 saturated carbocycles. The lowest BCUT2D eigenvalue weighted by Crippen LogP contribution is -2.30. The molecule has 3 aromatic rings. The van der Waals surface area contributed by atoms with Gasteiger partial charge in [0.1, 0.15) is 5.75 Å². The highest BCUT2D eigenvalue weighted by Gasteiger charge is 2.51. The van der Waals surface area contributed by atoms with Crippen molar-refractivity contribution in [1.29, 1.82) is 0 Å². The van der Waals surface area contributed by atoms with Crippen molar-refractivity contribution in [3.8, 4) is 5.75 Å². The predicted octanol–water partition coefficient (Wildman–Crippen LogP) is 2.87. The van der Waals surface area contributed by atoms with Gasteiger partial charge < -0.3 is 9.72 Å². The minimum atomic E-state index is -0.446. The second-order valence-corrected chi connectivity index (χ2v) is 7.01. The topological polar surface area (TPSA) is 71.2 Å². The van der Waals surface area contributed by atoms with Crippen molar-refractivity contribution < 1.29 is 14.3 Å². The molecule has 1 aliphatic carbocycles. The molecule has 2 aromatic carbocycles. The summed E-state index contributed by atoms with van der Waals surface area (Å²) in [7, 11) is 1.63. The predicted molar refractivity (Wildman–Crippen MR) is 97.1 cm³/mol. The fraction of sp³-hybridized carbons (Fsp3) is 0.238. The Morgan fingerprint density at radius 2 is 1.85 bits per heavy atom. The number of fused-ring (bicyclic) bond motifs is 5. The highest BCUT2D eigenvalue weighted by molar-refractivity contribution is 6.10. The molecule has 0 radical (unpaired) electrons. The molecule has 3 unspecified atom stereocenters. The lowest BCUT2D eigenvalue weighted by molar-refractivity contribution is -0.126. The van der Waals surface area contributed by atoms with E-state index in [1.165, 1.54) is 0 Å². The molecule has 5 nitrogen and oxygen atoms in total. The Morgan fingerprint density at radius 1 is 1.04 bits per heavy atom. The van der Waals surface area contributed by atoms with Gasteiger partial charge in [0.15, 0.2) is 0 Å². The third-order valence-corrected chi connectivity index (χ3v) is 5.71. The molecule has 2 aliphatic rings. The lowest BCUT2D eigenvalue weighted by atomic mass is 9.69. The van der Waals surface area contributed by atoms with Gasteiger partial charge in [-0.2, -0.15) is 0 Å². The van der Waals surface area contributed by atoms with E-state index in [1.54, 1.807) is 7.11 Å². The van der Waals surface area contributed by atoms with Crippen LogP contribution in [0.1, 0.15) is 28.7 Å². The van der Waals surface area contributed by atoms with Crippen molar-refractivity contribution in [3.63, 3.8) is 0 Å². The monoisotopic (exact) mass is 346 g/mol. The number of aromatic nitrogens is 1. The number of hydrogen-bond acceptors (Lipinski definition) is 3. The SMILES string of the molecule is COc1ccc2c3c([nH]c2c1)CC(c1ccccc1)C1C(=O)NC(=O)C31. The third-order valence-electron chi connectivity index (χ3n) is 5.71. The number of rotatable bonds is 2. The van der Waals surface area contributed by atoms with Crippen LogP contribution in [0.5, 0.6) is 5.75 Å². The molecule has 26 heavy (non-hydrogen) atoms. The van der Waals surface area contributed by atoms with E-state index in [4.69, 9.17) is 4.74 Å². The molecular formula is C21H18N2O3. The molecule has 1 aromatic heterocycles. The first-order chi connectivity index (χ1) is 12.7. The van der Waals surface area contributed by atoms with E-state index >= 15 is 0 Å². The molecule has 130 valence electrons. The molecule has 5 heteroatoms. The average molecular weight is 346 g/mol. The number of carbonyl (C=O) groups excluding carboxylic acids is 2. The third kappa shape index (κ3) is 2.03. The van der Waals surface area contributed by atoms with E-state index in [-0.39, 0.29) is 23.7 Å². The van der Waals surface area contributed by atoms with Gasteiger partial charge in [0.05, 0.1) is 18.9 Å². The van der Waals surface area contributed by atoms with E-state index in [0.29, 0.717) is 6.42 Å². The highest BCUT2D eigenvalue weighted by atomic mass is 16.5. The first-order valence-corrected chi connectivity index (χ1v) is 8.75. The molecule has 1 saturated heterocycles. The number of aromatic amines is 1. The molecule has 0 spiro atoms. The van der Waals surface area contributed by atoms with Crippen molar-refractivity contribution >= 4 is 22.7 Å². The summed E-state index contributed by atoms with van der Waals surface area (Å²) in [5.74, 6) is -0.424. The van der Waals surface area contributed by atoms with Crippen molar-refractivity contribution in [3.05, 3.63) is 65.4 Å². The Hall–Kier alpha value is -3.08. The maximum atomic E-state index is 12.7. The quantitative estimate of drug-likeness (QED) is 0.701. The summed E-state index contributed by atoms with van der Waals surface area (Å²) >= 11 is 0. The second-order valence-electron chi connectivity index (χ2n) is 7.01. The number of H-pyrrole nitrogens is 1. The zero-order valence-corrected chi connectivity index (χ0v) is 14.3. The molecule has 2 N–H and O–H groups in total. The van der Waals surface area contributed by atoms with E-state index in [9.17, 15) is 9.59 Å². The number of amides is 2. The zero-order valence-electron chi connectivity index (χ0n) is 14.3. The molecule has 3 atom stereocenters. The van der Waals surface area contributed by atoms with Crippen LogP contribution in [0.15, 0.2) is 48.5 Å². The van der Waals surface area contributed by atoms with Crippen LogP contribution < -0.4 is 10.1 Å². The smallest absolute Gasteiger partial charge is 0.235 e. The molecule has 1 aliphatic heterocycles. The summed E-state index contributed by atoms with van der Waals surface area (Å²) in [5.41, 5.74) is 4.03. The van der Waals surface area contributed by atoms with Gasteiger partial charge in [-0.25, -0.2) is 0 Å². The number of imide groups is 1. The van der Waals surface area contributed by atoms with Gasteiger partial charge in [-0.1, -0.05) is 30.3 Å². The maximum absolute atomic E-state index is 12.7. The first kappa shape index (κ1) is 15.2. The van der Waals surface area contributed by atoms with E-state index in [1.807, 2.05) is 48.5 Å². The number of nitrogens with one attached hydrogen (secondary N) is 2. The number of ether oxygens (including phenoxy) is 1. The minimum absolute atomic E-state index is 0.0184. The van der Waals surface area contributed by atoms with Crippen LogP contribution in [0.3, 0.4) is 0 Å². The minimum Gasteiger partial charge on any atom is -0.497 e. The average Bonchev–Trinajstić information content (AvgIpc) is 3.17. The zero-order chi connectivity index (χ0) is 17.8. The number of hydrogen-bond donors (Lipinski definition) is 2.